The first-order chi connectivity index (χ1) is 18.1. The molecule has 202 valence electrons. The molecule has 0 bridgehead atoms. The molecule has 0 fully saturated rings. The van der Waals surface area contributed by atoms with Gasteiger partial charge in [-0.1, -0.05) is 59.6 Å². The number of nitrogens with one attached hydrogen (secondary N) is 1. The molecule has 10 heteroatoms. The van der Waals surface area contributed by atoms with Crippen molar-refractivity contribution in [3.05, 3.63) is 94.7 Å². The third kappa shape index (κ3) is 7.64. The topological polar surface area (TPSA) is 86.8 Å². The molecule has 0 aromatic heterocycles. The Labute approximate surface area is 231 Å². The molecule has 0 saturated carbocycles. The SMILES string of the molecule is CCCCNC(=O)[C@@H](C)N(Cc1cccc(Br)c1)C(=O)CN(c1ccc(F)cc1)S(=O)(=O)c1ccccc1. The standard InChI is InChI=1S/C28H31BrFN3O4S/c1-3-4-17-31-28(35)21(2)32(19-22-9-8-10-23(29)18-22)27(34)20-33(25-15-13-24(30)14-16-25)38(36,37)26-11-6-5-7-12-26/h5-16,18,21H,3-4,17,19-20H2,1-2H3,(H,31,35)/t21-/m1/s1. The molecule has 0 saturated heterocycles. The van der Waals surface area contributed by atoms with Crippen LogP contribution in [0.25, 0.3) is 0 Å². The lowest BCUT2D eigenvalue weighted by atomic mass is 10.1. The maximum absolute atomic E-state index is 13.8. The number of rotatable bonds is 12. The Kier molecular flexibility index (Phi) is 10.4. The summed E-state index contributed by atoms with van der Waals surface area (Å²) >= 11 is 3.42. The molecule has 38 heavy (non-hydrogen) atoms. The molecular formula is C28H31BrFN3O4S. The van der Waals surface area contributed by atoms with Crippen LogP contribution in [-0.4, -0.2) is 44.3 Å². The minimum Gasteiger partial charge on any atom is -0.354 e. The zero-order valence-electron chi connectivity index (χ0n) is 21.3. The molecule has 1 atom stereocenters. The quantitative estimate of drug-likeness (QED) is 0.291. The Morgan fingerprint density at radius 1 is 1.00 bits per heavy atom. The van der Waals surface area contributed by atoms with Crippen molar-refractivity contribution >= 4 is 43.5 Å². The number of hydrogen-bond donors (Lipinski definition) is 1. The van der Waals surface area contributed by atoms with Crippen LogP contribution in [0.2, 0.25) is 0 Å². The van der Waals surface area contributed by atoms with Crippen molar-refractivity contribution in [1.82, 2.24) is 10.2 Å². The number of halogens is 2. The summed E-state index contributed by atoms with van der Waals surface area (Å²) in [6.07, 6.45) is 1.70. The zero-order chi connectivity index (χ0) is 27.7. The lowest BCUT2D eigenvalue weighted by molar-refractivity contribution is -0.139. The van der Waals surface area contributed by atoms with Crippen LogP contribution in [-0.2, 0) is 26.2 Å². The molecule has 0 radical (unpaired) electrons. The molecule has 0 aliphatic heterocycles. The van der Waals surface area contributed by atoms with Crippen LogP contribution >= 0.6 is 15.9 Å². The maximum Gasteiger partial charge on any atom is 0.264 e. The summed E-state index contributed by atoms with van der Waals surface area (Å²) in [7, 11) is -4.18. The smallest absolute Gasteiger partial charge is 0.264 e. The van der Waals surface area contributed by atoms with Gasteiger partial charge in [0.2, 0.25) is 11.8 Å². The number of nitrogens with zero attached hydrogens (tertiary/aromatic N) is 2. The van der Waals surface area contributed by atoms with Gasteiger partial charge in [-0.25, -0.2) is 12.8 Å². The fraction of sp³-hybridized carbons (Fsp3) is 0.286. The van der Waals surface area contributed by atoms with E-state index in [-0.39, 0.29) is 23.0 Å². The van der Waals surface area contributed by atoms with Gasteiger partial charge >= 0.3 is 0 Å². The van der Waals surface area contributed by atoms with E-state index in [4.69, 9.17) is 0 Å². The van der Waals surface area contributed by atoms with Crippen LogP contribution in [0.15, 0.2) is 88.2 Å². The lowest BCUT2D eigenvalue weighted by Gasteiger charge is -2.32. The summed E-state index contributed by atoms with van der Waals surface area (Å²) in [6.45, 7) is 3.61. The van der Waals surface area contributed by atoms with Crippen molar-refractivity contribution in [3.63, 3.8) is 0 Å². The van der Waals surface area contributed by atoms with Gasteiger partial charge in [-0.3, -0.25) is 13.9 Å². The van der Waals surface area contributed by atoms with Gasteiger partial charge < -0.3 is 10.2 Å². The van der Waals surface area contributed by atoms with Crippen molar-refractivity contribution in [3.8, 4) is 0 Å². The van der Waals surface area contributed by atoms with E-state index < -0.39 is 34.3 Å². The van der Waals surface area contributed by atoms with Crippen molar-refractivity contribution in [1.29, 1.82) is 0 Å². The summed E-state index contributed by atoms with van der Waals surface area (Å²) < 4.78 is 42.7. The van der Waals surface area contributed by atoms with Crippen LogP contribution in [0.5, 0.6) is 0 Å². The highest BCUT2D eigenvalue weighted by atomic mass is 79.9. The van der Waals surface area contributed by atoms with E-state index in [0.29, 0.717) is 6.54 Å². The van der Waals surface area contributed by atoms with E-state index in [1.165, 1.54) is 29.2 Å². The summed E-state index contributed by atoms with van der Waals surface area (Å²) in [4.78, 5) is 28.1. The molecule has 0 aliphatic rings. The van der Waals surface area contributed by atoms with Gasteiger partial charge in [0.25, 0.3) is 10.0 Å². The average Bonchev–Trinajstić information content (AvgIpc) is 2.91. The molecule has 0 unspecified atom stereocenters. The minimum absolute atomic E-state index is 0.0129. The number of amides is 2. The minimum atomic E-state index is -4.18. The number of sulfonamides is 1. The Hall–Kier alpha value is -3.24. The van der Waals surface area contributed by atoms with Gasteiger partial charge in [0.15, 0.2) is 0 Å². The van der Waals surface area contributed by atoms with Crippen LogP contribution < -0.4 is 9.62 Å². The number of benzene rings is 3. The summed E-state index contributed by atoms with van der Waals surface area (Å²) in [5.74, 6) is -1.45. The number of hydrogen-bond acceptors (Lipinski definition) is 4. The monoisotopic (exact) mass is 603 g/mol. The molecule has 0 spiro atoms. The zero-order valence-corrected chi connectivity index (χ0v) is 23.7. The van der Waals surface area contributed by atoms with Gasteiger partial charge in [-0.15, -0.1) is 0 Å². The Morgan fingerprint density at radius 3 is 2.32 bits per heavy atom. The lowest BCUT2D eigenvalue weighted by Crippen LogP contribution is -2.51. The average molecular weight is 605 g/mol. The second-order valence-corrected chi connectivity index (χ2v) is 11.6. The molecule has 7 nitrogen and oxygen atoms in total. The van der Waals surface area contributed by atoms with E-state index in [1.807, 2.05) is 31.2 Å². The fourth-order valence-corrected chi connectivity index (χ4v) is 5.69. The Morgan fingerprint density at radius 2 is 1.68 bits per heavy atom. The Balaban J connectivity index is 1.98. The van der Waals surface area contributed by atoms with Crippen molar-refractivity contribution < 1.29 is 22.4 Å². The highest BCUT2D eigenvalue weighted by molar-refractivity contribution is 9.10. The molecule has 1 N–H and O–H groups in total. The van der Waals surface area contributed by atoms with Crippen LogP contribution in [0.4, 0.5) is 10.1 Å². The molecular weight excluding hydrogens is 573 g/mol. The second kappa shape index (κ2) is 13.5. The van der Waals surface area contributed by atoms with E-state index in [1.54, 1.807) is 25.1 Å². The highest BCUT2D eigenvalue weighted by Crippen LogP contribution is 2.25. The van der Waals surface area contributed by atoms with Gasteiger partial charge in [-0.2, -0.15) is 0 Å². The van der Waals surface area contributed by atoms with Gasteiger partial charge in [0, 0.05) is 17.6 Å². The number of carbonyl (C=O) groups is 2. The van der Waals surface area contributed by atoms with Gasteiger partial charge in [0.1, 0.15) is 18.4 Å². The molecule has 2 amide bonds. The number of carbonyl (C=O) groups excluding carboxylic acids is 2. The van der Waals surface area contributed by atoms with Crippen LogP contribution in [0, 0.1) is 5.82 Å². The van der Waals surface area contributed by atoms with Crippen LogP contribution in [0.1, 0.15) is 32.3 Å². The van der Waals surface area contributed by atoms with Crippen LogP contribution in [0.3, 0.4) is 0 Å². The van der Waals surface area contributed by atoms with Gasteiger partial charge in [0.05, 0.1) is 10.6 Å². The van der Waals surface area contributed by atoms with Crippen molar-refractivity contribution in [2.75, 3.05) is 17.4 Å². The molecule has 3 aromatic rings. The molecule has 3 rings (SSSR count). The predicted octanol–water partition coefficient (Wildman–Crippen LogP) is 5.12. The first kappa shape index (κ1) is 29.3. The molecule has 3 aromatic carbocycles. The van der Waals surface area contributed by atoms with E-state index >= 15 is 0 Å². The number of anilines is 1. The highest BCUT2D eigenvalue weighted by Gasteiger charge is 2.32. The summed E-state index contributed by atoms with van der Waals surface area (Å²) in [6, 6.07) is 19.1. The molecule has 0 aliphatic carbocycles. The van der Waals surface area contributed by atoms with E-state index in [2.05, 4.69) is 21.2 Å². The molecule has 0 heterocycles. The summed E-state index contributed by atoms with van der Waals surface area (Å²) in [5.41, 5.74) is 0.895. The Bertz CT molecular complexity index is 1340. The predicted molar refractivity (Wildman–Crippen MR) is 149 cm³/mol. The third-order valence-corrected chi connectivity index (χ3v) is 8.24. The normalized spacial score (nSPS) is 12.0. The van der Waals surface area contributed by atoms with E-state index in [0.717, 1.165) is 39.3 Å². The fourth-order valence-electron chi connectivity index (χ4n) is 3.81. The maximum atomic E-state index is 13.8. The largest absolute Gasteiger partial charge is 0.354 e. The van der Waals surface area contributed by atoms with Crippen molar-refractivity contribution in [2.24, 2.45) is 0 Å². The van der Waals surface area contributed by atoms with E-state index in [9.17, 15) is 22.4 Å². The third-order valence-electron chi connectivity index (χ3n) is 5.96. The first-order valence-electron chi connectivity index (χ1n) is 12.3. The summed E-state index contributed by atoms with van der Waals surface area (Å²) in [5, 5.41) is 2.85. The number of unbranched alkanes of at least 4 members (excludes halogenated alkanes) is 1. The first-order valence-corrected chi connectivity index (χ1v) is 14.5. The second-order valence-electron chi connectivity index (χ2n) is 8.77. The van der Waals surface area contributed by atoms with Gasteiger partial charge in [-0.05, 0) is 67.4 Å². The van der Waals surface area contributed by atoms with Crippen molar-refractivity contribution in [2.45, 2.75) is 44.2 Å².